The number of rotatable bonds is 10. The summed E-state index contributed by atoms with van der Waals surface area (Å²) in [6.45, 7) is 2.16. The molecule has 5 nitrogen and oxygen atoms in total. The van der Waals surface area contributed by atoms with Crippen molar-refractivity contribution in [2.45, 2.75) is 37.4 Å². The third-order valence-electron chi connectivity index (χ3n) is 13.8. The Hall–Kier alpha value is -7.98. The number of hydrogen-bond donors (Lipinski definition) is 0. The van der Waals surface area contributed by atoms with Crippen molar-refractivity contribution in [1.29, 1.82) is 0 Å². The Bertz CT molecular complexity index is 3840. The maximum Gasteiger partial charge on any atom is 0.135 e. The van der Waals surface area contributed by atoms with Crippen LogP contribution < -0.4 is 14.5 Å². The first kappa shape index (κ1) is 40.7. The van der Waals surface area contributed by atoms with Crippen molar-refractivity contribution in [2.75, 3.05) is 9.80 Å². The fourth-order valence-electron chi connectivity index (χ4n) is 10.5. The van der Waals surface area contributed by atoms with Crippen molar-refractivity contribution in [2.24, 2.45) is 0 Å². The zero-order chi connectivity index (χ0) is 50.7. The van der Waals surface area contributed by atoms with Crippen LogP contribution in [-0.4, -0.2) is 9.55 Å². The largest absolute Gasteiger partial charge is 0.509 e. The topological polar surface area (TPSA) is 33.5 Å². The van der Waals surface area contributed by atoms with Gasteiger partial charge in [-0.1, -0.05) is 195 Å². The van der Waals surface area contributed by atoms with E-state index in [0.717, 1.165) is 72.4 Å². The van der Waals surface area contributed by atoms with Gasteiger partial charge < -0.3 is 19.1 Å². The Balaban J connectivity index is 0.00000582. The predicted octanol–water partition coefficient (Wildman–Crippen LogP) is 17.2. The van der Waals surface area contributed by atoms with Crippen molar-refractivity contribution in [3.63, 3.8) is 0 Å². The molecule has 3 heterocycles. The molecule has 0 saturated heterocycles. The van der Waals surface area contributed by atoms with Crippen LogP contribution in [-0.2, 0) is 26.5 Å². The van der Waals surface area contributed by atoms with Gasteiger partial charge in [-0.15, -0.1) is 53.6 Å². The van der Waals surface area contributed by atoms with E-state index in [2.05, 4.69) is 156 Å². The quantitative estimate of drug-likeness (QED) is 0.128. The monoisotopic (exact) mass is 1110 g/mol. The van der Waals surface area contributed by atoms with E-state index in [1.165, 1.54) is 0 Å². The fourth-order valence-corrected chi connectivity index (χ4v) is 10.5. The molecule has 11 aromatic rings. The smallest absolute Gasteiger partial charge is 0.135 e. The fraction of sp³-hybridized carbons (Fsp3) is 0.0909. The first-order valence-corrected chi connectivity index (χ1v) is 24.2. The number of nitrogens with zero attached hydrogens (tertiary/aromatic N) is 4. The number of para-hydroxylation sites is 4. The van der Waals surface area contributed by atoms with Gasteiger partial charge in [-0.05, 0) is 76.3 Å². The molecule has 1 aliphatic heterocycles. The summed E-state index contributed by atoms with van der Waals surface area (Å²) in [5, 5.41) is 1.92. The first-order valence-electron chi connectivity index (χ1n) is 26.2. The molecule has 0 radical (unpaired) electrons. The van der Waals surface area contributed by atoms with Gasteiger partial charge in [0.1, 0.15) is 5.82 Å². The molecule has 0 unspecified atom stereocenters. The van der Waals surface area contributed by atoms with Crippen molar-refractivity contribution in [1.82, 2.24) is 9.55 Å². The van der Waals surface area contributed by atoms with E-state index in [1.54, 1.807) is 12.3 Å². The second kappa shape index (κ2) is 19.3. The minimum Gasteiger partial charge on any atom is -0.509 e. The molecule has 0 atom stereocenters. The summed E-state index contributed by atoms with van der Waals surface area (Å²) in [5.74, 6) is 1.49. The van der Waals surface area contributed by atoms with Crippen LogP contribution in [0.3, 0.4) is 0 Å². The van der Waals surface area contributed by atoms with Crippen LogP contribution >= 0.6 is 0 Å². The summed E-state index contributed by atoms with van der Waals surface area (Å²) in [7, 11) is 0. The second-order valence-corrected chi connectivity index (χ2v) is 18.0. The third kappa shape index (κ3) is 8.08. The molecule has 0 spiro atoms. The van der Waals surface area contributed by atoms with Gasteiger partial charge in [0.2, 0.25) is 0 Å². The molecule has 9 aromatic carbocycles. The summed E-state index contributed by atoms with van der Waals surface area (Å²) in [4.78, 5) is 9.43. The number of pyridine rings is 1. The molecule has 0 N–H and O–H groups in total. The molecule has 352 valence electrons. The summed E-state index contributed by atoms with van der Waals surface area (Å²) < 4.78 is 47.3. The zero-order valence-corrected chi connectivity index (χ0v) is 41.4. The molecule has 0 amide bonds. The molecule has 0 bridgehead atoms. The Morgan fingerprint density at radius 3 is 1.81 bits per heavy atom. The van der Waals surface area contributed by atoms with Gasteiger partial charge in [0.05, 0.1) is 0 Å². The summed E-state index contributed by atoms with van der Waals surface area (Å²) in [5.41, 5.74) is 11.4. The molecule has 2 aromatic heterocycles. The summed E-state index contributed by atoms with van der Waals surface area (Å²) in [6.07, 6.45) is -1.23. The summed E-state index contributed by atoms with van der Waals surface area (Å²) >= 11 is 0. The Kier molecular flexibility index (Phi) is 10.9. The van der Waals surface area contributed by atoms with Gasteiger partial charge in [0.25, 0.3) is 0 Å². The van der Waals surface area contributed by atoms with Crippen LogP contribution in [0, 0.1) is 18.8 Å². The van der Waals surface area contributed by atoms with E-state index in [4.69, 9.17) is 9.72 Å². The van der Waals surface area contributed by atoms with Crippen LogP contribution in [0.15, 0.2) is 231 Å². The van der Waals surface area contributed by atoms with Crippen molar-refractivity contribution in [3.05, 3.63) is 261 Å². The minimum absolute atomic E-state index is 0. The number of benzene rings is 9. The normalized spacial score (nSPS) is 16.2. The number of hydrogen-bond acceptors (Lipinski definition) is 4. The summed E-state index contributed by atoms with van der Waals surface area (Å²) in [6, 6.07) is 83.0. The van der Waals surface area contributed by atoms with Crippen LogP contribution in [0.5, 0.6) is 11.5 Å². The van der Waals surface area contributed by atoms with Gasteiger partial charge in [0.15, 0.2) is 0 Å². The first-order chi connectivity index (χ1) is 36.7. The molecule has 13 rings (SSSR count). The maximum absolute atomic E-state index is 9.58. The van der Waals surface area contributed by atoms with Crippen molar-refractivity contribution in [3.8, 4) is 50.7 Å². The predicted molar refractivity (Wildman–Crippen MR) is 291 cm³/mol. The van der Waals surface area contributed by atoms with Gasteiger partial charge in [-0.2, -0.15) is 6.07 Å². The van der Waals surface area contributed by atoms with Gasteiger partial charge >= 0.3 is 0 Å². The van der Waals surface area contributed by atoms with E-state index in [9.17, 15) is 5.48 Å². The Morgan fingerprint density at radius 2 is 1.11 bits per heavy atom. The van der Waals surface area contributed by atoms with E-state index in [-0.39, 0.29) is 33.9 Å². The Morgan fingerprint density at radius 1 is 0.500 bits per heavy atom. The molecular weight excluding hydrogens is 1060 g/mol. The zero-order valence-electron chi connectivity index (χ0n) is 43.2. The van der Waals surface area contributed by atoms with E-state index in [0.29, 0.717) is 40.4 Å². The average Bonchev–Trinajstić information content (AvgIpc) is 4.14. The van der Waals surface area contributed by atoms with Crippen molar-refractivity contribution < 1.29 is 31.3 Å². The molecule has 72 heavy (non-hydrogen) atoms. The van der Waals surface area contributed by atoms with E-state index >= 15 is 0 Å². The SMILES string of the molecule is [2H]C1([2H])CCCC([2H])([2H])C1(c1ccccc1)c1ccnc(-n2c3[c-]c(Oc4[c-]c(N5[CH-]N(c6c(-c7ccccc7)cccc6-c6ccccc6)c6ccccc65)cc(-c5ccccc5)c4)ccc3c3ccccc32)c1.[Pt]. The number of fused-ring (bicyclic) bond motifs is 4. The van der Waals surface area contributed by atoms with Crippen LogP contribution in [0.25, 0.3) is 61.0 Å². The van der Waals surface area contributed by atoms with E-state index < -0.39 is 18.2 Å². The van der Waals surface area contributed by atoms with Crippen LogP contribution in [0.4, 0.5) is 22.7 Å². The van der Waals surface area contributed by atoms with Crippen molar-refractivity contribution >= 4 is 44.6 Å². The molecule has 1 aliphatic carbocycles. The Labute approximate surface area is 441 Å². The molecule has 6 heteroatoms. The second-order valence-electron chi connectivity index (χ2n) is 18.0. The van der Waals surface area contributed by atoms with Crippen LogP contribution in [0.1, 0.15) is 48.6 Å². The standard InChI is InChI=1S/C66H49N4O.Pt/c1-6-21-47(22-7-1)50-41-53(68-46-69(62-34-17-16-33-61(62)68)65-56(48-23-8-2-9-24-48)30-20-31-57(65)49-25-10-3-11-26-49)44-55(42-50)71-54-35-36-59-58-29-14-15-32-60(58)70(63(59)45-54)64-43-52(37-40-67-64)66(38-18-5-19-39-66)51-27-12-4-13-28-51;/h1-4,6-17,20-37,40-43,46H,5,18-19,38-39H2;/q-3;/i38D2,39D2;. The third-order valence-corrected chi connectivity index (χ3v) is 13.8. The van der Waals surface area contributed by atoms with Crippen LogP contribution in [0.2, 0.25) is 0 Å². The molecule has 2 aliphatic rings. The number of aromatic nitrogens is 2. The average molecular weight is 1110 g/mol. The van der Waals surface area contributed by atoms with Gasteiger partial charge in [-0.25, -0.2) is 4.98 Å². The van der Waals surface area contributed by atoms with Gasteiger partial charge in [0, 0.05) is 83.4 Å². The number of ether oxygens (including phenoxy) is 1. The molecule has 1 saturated carbocycles. The molecule has 1 fully saturated rings. The maximum atomic E-state index is 9.58. The minimum atomic E-state index is -1.91. The number of anilines is 4. The van der Waals surface area contributed by atoms with Gasteiger partial charge in [-0.3, -0.25) is 0 Å². The van der Waals surface area contributed by atoms with E-state index in [1.807, 2.05) is 95.6 Å². The molecular formula is C66H49N4OPt-3.